The van der Waals surface area contributed by atoms with Gasteiger partial charge in [0.15, 0.2) is 0 Å². The van der Waals surface area contributed by atoms with Crippen LogP contribution in [0.2, 0.25) is 0 Å². The maximum Gasteiger partial charge on any atom is 0.328 e. The molecule has 2 aliphatic rings. The lowest BCUT2D eigenvalue weighted by molar-refractivity contribution is -0.152. The number of ether oxygens (including phenoxy) is 1. The second-order valence-corrected chi connectivity index (χ2v) is 5.29. The molecule has 0 radical (unpaired) electrons. The number of likely N-dealkylation sites (tertiary alicyclic amines) is 1. The largest absolute Gasteiger partial charge is 0.467 e. The summed E-state index contributed by atoms with van der Waals surface area (Å²) in [5.74, 6) is -0.0782. The average Bonchev–Trinajstić information content (AvgIpc) is 2.86. The molecule has 2 heterocycles. The summed E-state index contributed by atoms with van der Waals surface area (Å²) in [6, 6.07) is 0.0274. The van der Waals surface area contributed by atoms with Gasteiger partial charge in [-0.15, -0.1) is 0 Å². The molecule has 102 valence electrons. The highest BCUT2D eigenvalue weighted by molar-refractivity contribution is 5.86. The van der Waals surface area contributed by atoms with Crippen molar-refractivity contribution in [3.63, 3.8) is 0 Å². The molecule has 2 fully saturated rings. The van der Waals surface area contributed by atoms with Gasteiger partial charge in [-0.3, -0.25) is 4.79 Å². The molecule has 0 bridgehead atoms. The fourth-order valence-electron chi connectivity index (χ4n) is 3.00. The fraction of sp³-hybridized carbons (Fsp3) is 0.846. The van der Waals surface area contributed by atoms with E-state index >= 15 is 0 Å². The first-order valence-electron chi connectivity index (χ1n) is 6.75. The molecular weight excluding hydrogens is 232 g/mol. The Balaban J connectivity index is 2.01. The summed E-state index contributed by atoms with van der Waals surface area (Å²) >= 11 is 0. The van der Waals surface area contributed by atoms with Crippen LogP contribution in [0.1, 0.15) is 32.6 Å². The molecule has 18 heavy (non-hydrogen) atoms. The number of methoxy groups -OCH3 is 1. The van der Waals surface area contributed by atoms with Gasteiger partial charge in [-0.05, 0) is 39.2 Å². The highest BCUT2D eigenvalue weighted by Gasteiger charge is 2.38. The molecule has 1 N–H and O–H groups in total. The number of carbonyl (C=O) groups excluding carboxylic acids is 2. The minimum atomic E-state index is -0.354. The third-order valence-corrected chi connectivity index (χ3v) is 3.98. The SMILES string of the molecule is COC(=O)C1CCCN1C(=O)C1CCNC(C)C1. The topological polar surface area (TPSA) is 58.6 Å². The van der Waals surface area contributed by atoms with Gasteiger partial charge in [0.2, 0.25) is 5.91 Å². The van der Waals surface area contributed by atoms with Gasteiger partial charge in [-0.25, -0.2) is 4.79 Å². The van der Waals surface area contributed by atoms with Gasteiger partial charge in [0, 0.05) is 18.5 Å². The van der Waals surface area contributed by atoms with Crippen molar-refractivity contribution in [1.29, 1.82) is 0 Å². The Morgan fingerprint density at radius 1 is 1.33 bits per heavy atom. The standard InChI is InChI=1S/C13H22N2O3/c1-9-8-10(5-6-14-9)12(16)15-7-3-4-11(15)13(17)18-2/h9-11,14H,3-8H2,1-2H3. The van der Waals surface area contributed by atoms with Crippen LogP contribution < -0.4 is 5.32 Å². The molecule has 5 nitrogen and oxygen atoms in total. The van der Waals surface area contributed by atoms with E-state index in [0.29, 0.717) is 12.6 Å². The van der Waals surface area contributed by atoms with Gasteiger partial charge >= 0.3 is 5.97 Å². The molecule has 1 amide bonds. The van der Waals surface area contributed by atoms with E-state index in [1.165, 1.54) is 7.11 Å². The third-order valence-electron chi connectivity index (χ3n) is 3.98. The summed E-state index contributed by atoms with van der Waals surface area (Å²) in [5.41, 5.74) is 0. The van der Waals surface area contributed by atoms with Crippen LogP contribution in [0.4, 0.5) is 0 Å². The summed E-state index contributed by atoms with van der Waals surface area (Å²) in [6.07, 6.45) is 3.36. The van der Waals surface area contributed by atoms with Crippen molar-refractivity contribution in [2.45, 2.75) is 44.7 Å². The van der Waals surface area contributed by atoms with E-state index in [2.05, 4.69) is 12.2 Å². The Bertz CT molecular complexity index is 332. The number of piperidine rings is 1. The minimum absolute atomic E-state index is 0.0616. The van der Waals surface area contributed by atoms with Crippen molar-refractivity contribution >= 4 is 11.9 Å². The summed E-state index contributed by atoms with van der Waals surface area (Å²) in [7, 11) is 1.38. The molecular formula is C13H22N2O3. The summed E-state index contributed by atoms with van der Waals surface area (Å²) in [4.78, 5) is 25.8. The number of nitrogens with one attached hydrogen (secondary N) is 1. The predicted octanol–water partition coefficient (Wildman–Crippen LogP) is 0.539. The van der Waals surface area contributed by atoms with Crippen LogP contribution in [0.3, 0.4) is 0 Å². The Morgan fingerprint density at radius 3 is 2.78 bits per heavy atom. The molecule has 0 aliphatic carbocycles. The molecule has 3 atom stereocenters. The smallest absolute Gasteiger partial charge is 0.328 e. The molecule has 2 rings (SSSR count). The number of carbonyl (C=O) groups is 2. The lowest BCUT2D eigenvalue weighted by atomic mass is 9.92. The minimum Gasteiger partial charge on any atom is -0.467 e. The summed E-state index contributed by atoms with van der Waals surface area (Å²) in [5, 5.41) is 3.34. The summed E-state index contributed by atoms with van der Waals surface area (Å²) < 4.78 is 4.78. The normalized spacial score (nSPS) is 32.3. The highest BCUT2D eigenvalue weighted by atomic mass is 16.5. The van der Waals surface area contributed by atoms with Gasteiger partial charge in [0.25, 0.3) is 0 Å². The van der Waals surface area contributed by atoms with Crippen LogP contribution in [0.25, 0.3) is 0 Å². The fourth-order valence-corrected chi connectivity index (χ4v) is 3.00. The van der Waals surface area contributed by atoms with E-state index in [1.54, 1.807) is 4.90 Å². The van der Waals surface area contributed by atoms with Crippen LogP contribution in [-0.2, 0) is 14.3 Å². The van der Waals surface area contributed by atoms with Crippen LogP contribution in [0.5, 0.6) is 0 Å². The van der Waals surface area contributed by atoms with Crippen LogP contribution in [0.15, 0.2) is 0 Å². The number of nitrogens with zero attached hydrogens (tertiary/aromatic N) is 1. The van der Waals surface area contributed by atoms with Gasteiger partial charge in [-0.1, -0.05) is 0 Å². The molecule has 0 aromatic rings. The molecule has 0 saturated carbocycles. The van der Waals surface area contributed by atoms with Crippen molar-refractivity contribution in [3.8, 4) is 0 Å². The average molecular weight is 254 g/mol. The molecule has 2 aliphatic heterocycles. The predicted molar refractivity (Wildman–Crippen MR) is 66.9 cm³/mol. The highest BCUT2D eigenvalue weighted by Crippen LogP contribution is 2.25. The number of hydrogen-bond acceptors (Lipinski definition) is 4. The molecule has 5 heteroatoms. The maximum atomic E-state index is 12.5. The van der Waals surface area contributed by atoms with E-state index in [1.807, 2.05) is 0 Å². The maximum absolute atomic E-state index is 12.5. The van der Waals surface area contributed by atoms with Crippen molar-refractivity contribution in [2.75, 3.05) is 20.2 Å². The number of esters is 1. The molecule has 0 aromatic carbocycles. The Hall–Kier alpha value is -1.10. The van der Waals surface area contributed by atoms with Gasteiger partial charge in [0.1, 0.15) is 6.04 Å². The zero-order chi connectivity index (χ0) is 13.1. The van der Waals surface area contributed by atoms with Crippen LogP contribution in [-0.4, -0.2) is 49.1 Å². The monoisotopic (exact) mass is 254 g/mol. The summed E-state index contributed by atoms with van der Waals surface area (Å²) in [6.45, 7) is 3.67. The van der Waals surface area contributed by atoms with Crippen LogP contribution >= 0.6 is 0 Å². The van der Waals surface area contributed by atoms with Crippen molar-refractivity contribution in [1.82, 2.24) is 10.2 Å². The Kier molecular flexibility index (Phi) is 4.22. The molecule has 0 spiro atoms. The van der Waals surface area contributed by atoms with E-state index in [0.717, 1.165) is 32.2 Å². The first-order valence-corrected chi connectivity index (χ1v) is 6.75. The second kappa shape index (κ2) is 5.69. The quantitative estimate of drug-likeness (QED) is 0.731. The molecule has 0 aromatic heterocycles. The third kappa shape index (κ3) is 2.66. The van der Waals surface area contributed by atoms with Gasteiger partial charge in [-0.2, -0.15) is 0 Å². The molecule has 2 saturated heterocycles. The van der Waals surface area contributed by atoms with E-state index < -0.39 is 0 Å². The van der Waals surface area contributed by atoms with Gasteiger partial charge in [0.05, 0.1) is 7.11 Å². The number of amides is 1. The molecule has 3 unspecified atom stereocenters. The number of hydrogen-bond donors (Lipinski definition) is 1. The van der Waals surface area contributed by atoms with Crippen molar-refractivity contribution in [3.05, 3.63) is 0 Å². The Labute approximate surface area is 108 Å². The van der Waals surface area contributed by atoms with Crippen LogP contribution in [0, 0.1) is 5.92 Å². The van der Waals surface area contributed by atoms with Gasteiger partial charge < -0.3 is 15.0 Å². The zero-order valence-electron chi connectivity index (χ0n) is 11.1. The number of rotatable bonds is 2. The first-order chi connectivity index (χ1) is 8.63. The first kappa shape index (κ1) is 13.3. The van der Waals surface area contributed by atoms with E-state index in [-0.39, 0.29) is 23.8 Å². The van der Waals surface area contributed by atoms with E-state index in [9.17, 15) is 9.59 Å². The van der Waals surface area contributed by atoms with Crippen molar-refractivity contribution < 1.29 is 14.3 Å². The lowest BCUT2D eigenvalue weighted by Crippen LogP contribution is -2.47. The Morgan fingerprint density at radius 2 is 2.11 bits per heavy atom. The zero-order valence-corrected chi connectivity index (χ0v) is 11.1. The second-order valence-electron chi connectivity index (χ2n) is 5.29. The van der Waals surface area contributed by atoms with E-state index in [4.69, 9.17) is 4.74 Å². The van der Waals surface area contributed by atoms with Crippen molar-refractivity contribution in [2.24, 2.45) is 5.92 Å². The lowest BCUT2D eigenvalue weighted by Gasteiger charge is -2.32.